The van der Waals surface area contributed by atoms with E-state index in [1.165, 1.54) is 0 Å². The summed E-state index contributed by atoms with van der Waals surface area (Å²) in [4.78, 5) is 2.94. The molecule has 0 heterocycles. The number of rotatable bonds is 3. The normalized spacial score (nSPS) is 12.0. The summed E-state index contributed by atoms with van der Waals surface area (Å²) in [5.74, 6) is -2.81. The fraction of sp³-hybridized carbons (Fsp3) is 1.00. The Hall–Kier alpha value is -0.250. The molecule has 0 aromatic heterocycles. The highest BCUT2D eigenvalue weighted by atomic mass is 19.3. The Bertz CT molecular complexity index is 58.8. The van der Waals surface area contributed by atoms with Crippen molar-refractivity contribution in [3.63, 3.8) is 0 Å². The van der Waals surface area contributed by atoms with Crippen molar-refractivity contribution >= 4 is 0 Å². The van der Waals surface area contributed by atoms with Gasteiger partial charge in [0.2, 0.25) is 5.92 Å². The van der Waals surface area contributed by atoms with Crippen LogP contribution in [0.5, 0.6) is 0 Å². The molecule has 0 saturated heterocycles. The minimum atomic E-state index is -2.81. The van der Waals surface area contributed by atoms with Gasteiger partial charge in [-0.1, -0.05) is 0 Å². The fourth-order valence-corrected chi connectivity index (χ4v) is 0.218. The van der Waals surface area contributed by atoms with Crippen molar-refractivity contribution in [2.24, 2.45) is 0 Å². The third-order valence-electron chi connectivity index (χ3n) is 0.618. The zero-order valence-electron chi connectivity index (χ0n) is 4.46. The van der Waals surface area contributed by atoms with Gasteiger partial charge in [0.05, 0.1) is 6.61 Å². The predicted molar refractivity (Wildman–Crippen MR) is 22.3 cm³/mol. The van der Waals surface area contributed by atoms with Crippen LogP contribution in [0.1, 0.15) is 13.3 Å². The summed E-state index contributed by atoms with van der Waals surface area (Å²) in [6, 6.07) is 0. The SMILES string of the molecule is CC(F)(F)CCOF. The quantitative estimate of drug-likeness (QED) is 0.564. The molecule has 0 aromatic rings. The lowest BCUT2D eigenvalue weighted by atomic mass is 10.3. The lowest BCUT2D eigenvalue weighted by Crippen LogP contribution is -2.11. The zero-order chi connectivity index (χ0) is 6.62. The van der Waals surface area contributed by atoms with Gasteiger partial charge in [0.25, 0.3) is 0 Å². The van der Waals surface area contributed by atoms with E-state index in [9.17, 15) is 13.3 Å². The van der Waals surface area contributed by atoms with E-state index < -0.39 is 19.0 Å². The Morgan fingerprint density at radius 3 is 2.12 bits per heavy atom. The van der Waals surface area contributed by atoms with Gasteiger partial charge < -0.3 is 0 Å². The molecule has 50 valence electrons. The van der Waals surface area contributed by atoms with Gasteiger partial charge in [0.15, 0.2) is 0 Å². The molecule has 0 aromatic carbocycles. The Balaban J connectivity index is 3.11. The second-order valence-electron chi connectivity index (χ2n) is 1.63. The maximum atomic E-state index is 11.7. The minimum absolute atomic E-state index is 0.538. The molecule has 0 aliphatic heterocycles. The number of alkyl halides is 2. The largest absolute Gasteiger partial charge is 0.247 e. The number of hydrogen-bond donors (Lipinski definition) is 0. The molecule has 0 aliphatic carbocycles. The van der Waals surface area contributed by atoms with Crippen molar-refractivity contribution in [1.29, 1.82) is 0 Å². The molecule has 0 spiro atoms. The van der Waals surface area contributed by atoms with E-state index in [0.29, 0.717) is 6.92 Å². The van der Waals surface area contributed by atoms with Crippen LogP contribution in [-0.2, 0) is 4.94 Å². The summed E-state index contributed by atoms with van der Waals surface area (Å²) in [5.41, 5.74) is 0. The molecule has 0 radical (unpaired) electrons. The summed E-state index contributed by atoms with van der Waals surface area (Å²) >= 11 is 0. The van der Waals surface area contributed by atoms with E-state index in [4.69, 9.17) is 0 Å². The molecule has 1 nitrogen and oxygen atoms in total. The summed E-state index contributed by atoms with van der Waals surface area (Å²) in [7, 11) is 0. The smallest absolute Gasteiger partial charge is 0.207 e. The Kier molecular flexibility index (Phi) is 2.82. The average Bonchev–Trinajstić information content (AvgIpc) is 1.59. The number of hydrogen-bond acceptors (Lipinski definition) is 1. The molecule has 0 fully saturated rings. The molecular weight excluding hydrogens is 121 g/mol. The van der Waals surface area contributed by atoms with Gasteiger partial charge >= 0.3 is 0 Å². The van der Waals surface area contributed by atoms with Gasteiger partial charge in [-0.3, -0.25) is 0 Å². The molecule has 0 bridgehead atoms. The average molecular weight is 128 g/mol. The van der Waals surface area contributed by atoms with Crippen LogP contribution in [0.4, 0.5) is 13.3 Å². The van der Waals surface area contributed by atoms with Crippen LogP contribution in [0.25, 0.3) is 0 Å². The van der Waals surface area contributed by atoms with Crippen LogP contribution in [0, 0.1) is 0 Å². The topological polar surface area (TPSA) is 9.23 Å². The first-order chi connectivity index (χ1) is 3.56. The van der Waals surface area contributed by atoms with Gasteiger partial charge in [0, 0.05) is 6.42 Å². The van der Waals surface area contributed by atoms with Crippen LogP contribution in [0.15, 0.2) is 0 Å². The van der Waals surface area contributed by atoms with E-state index in [-0.39, 0.29) is 0 Å². The van der Waals surface area contributed by atoms with Crippen LogP contribution >= 0.6 is 0 Å². The first-order valence-corrected chi connectivity index (χ1v) is 2.17. The molecule has 0 unspecified atom stereocenters. The van der Waals surface area contributed by atoms with Crippen molar-refractivity contribution in [3.8, 4) is 0 Å². The van der Waals surface area contributed by atoms with E-state index in [1.807, 2.05) is 0 Å². The number of halogens is 3. The standard InChI is InChI=1S/C4H7F3O/c1-4(5,6)2-3-8-7/h2-3H2,1H3. The van der Waals surface area contributed by atoms with Gasteiger partial charge in [-0.15, -0.1) is 0 Å². The van der Waals surface area contributed by atoms with Crippen molar-refractivity contribution in [2.45, 2.75) is 19.3 Å². The van der Waals surface area contributed by atoms with Crippen LogP contribution in [0.3, 0.4) is 0 Å². The third kappa shape index (κ3) is 5.75. The third-order valence-corrected chi connectivity index (χ3v) is 0.618. The summed E-state index contributed by atoms with van der Waals surface area (Å²) in [5, 5.41) is 0. The maximum absolute atomic E-state index is 11.7. The van der Waals surface area contributed by atoms with Crippen molar-refractivity contribution in [3.05, 3.63) is 0 Å². The zero-order valence-corrected chi connectivity index (χ0v) is 4.46. The first-order valence-electron chi connectivity index (χ1n) is 2.17. The highest BCUT2D eigenvalue weighted by Gasteiger charge is 2.20. The van der Waals surface area contributed by atoms with Crippen LogP contribution in [0.2, 0.25) is 0 Å². The van der Waals surface area contributed by atoms with Crippen LogP contribution in [-0.4, -0.2) is 12.5 Å². The van der Waals surface area contributed by atoms with E-state index in [1.54, 1.807) is 0 Å². The molecule has 0 N–H and O–H groups in total. The molecular formula is C4H7F3O. The lowest BCUT2D eigenvalue weighted by molar-refractivity contribution is -0.150. The molecule has 0 amide bonds. The van der Waals surface area contributed by atoms with Gasteiger partial charge in [-0.2, -0.15) is 4.94 Å². The highest BCUT2D eigenvalue weighted by Crippen LogP contribution is 2.15. The minimum Gasteiger partial charge on any atom is -0.207 e. The molecule has 0 aliphatic rings. The Morgan fingerprint density at radius 2 is 2.00 bits per heavy atom. The van der Waals surface area contributed by atoms with E-state index in [0.717, 1.165) is 0 Å². The van der Waals surface area contributed by atoms with E-state index in [2.05, 4.69) is 4.94 Å². The van der Waals surface area contributed by atoms with Crippen molar-refractivity contribution in [1.82, 2.24) is 0 Å². The van der Waals surface area contributed by atoms with Gasteiger partial charge in [0.1, 0.15) is 0 Å². The Morgan fingerprint density at radius 1 is 1.50 bits per heavy atom. The summed E-state index contributed by atoms with van der Waals surface area (Å²) in [6.45, 7) is 0.176. The van der Waals surface area contributed by atoms with Crippen LogP contribution < -0.4 is 0 Å². The molecule has 0 rings (SSSR count). The first kappa shape index (κ1) is 7.75. The van der Waals surface area contributed by atoms with Gasteiger partial charge in [-0.25, -0.2) is 8.78 Å². The monoisotopic (exact) mass is 128 g/mol. The second-order valence-corrected chi connectivity index (χ2v) is 1.63. The molecule has 4 heteroatoms. The molecule has 0 saturated carbocycles. The summed E-state index contributed by atoms with van der Waals surface area (Å²) < 4.78 is 34.0. The van der Waals surface area contributed by atoms with Gasteiger partial charge in [-0.05, 0) is 11.4 Å². The second kappa shape index (κ2) is 2.91. The molecule has 0 atom stereocenters. The highest BCUT2D eigenvalue weighted by molar-refractivity contribution is 4.54. The predicted octanol–water partition coefficient (Wildman–Crippen LogP) is 1.93. The lowest BCUT2D eigenvalue weighted by Gasteiger charge is -2.05. The Labute approximate surface area is 45.3 Å². The van der Waals surface area contributed by atoms with E-state index >= 15 is 0 Å². The maximum Gasteiger partial charge on any atom is 0.247 e. The van der Waals surface area contributed by atoms with Crippen molar-refractivity contribution < 1.29 is 18.2 Å². The van der Waals surface area contributed by atoms with Crippen molar-refractivity contribution in [2.75, 3.05) is 6.61 Å². The molecule has 8 heavy (non-hydrogen) atoms. The fourth-order valence-electron chi connectivity index (χ4n) is 0.218. The summed E-state index contributed by atoms with van der Waals surface area (Å²) in [6.07, 6.45) is -0.566.